The Morgan fingerprint density at radius 2 is 1.80 bits per heavy atom. The Balaban J connectivity index is 1.86. The van der Waals surface area contributed by atoms with Crippen molar-refractivity contribution in [2.75, 3.05) is 32.7 Å². The van der Waals surface area contributed by atoms with Crippen molar-refractivity contribution in [3.8, 4) is 0 Å². The van der Waals surface area contributed by atoms with Crippen molar-refractivity contribution >= 4 is 27.5 Å². The van der Waals surface area contributed by atoms with Gasteiger partial charge in [-0.2, -0.15) is 4.31 Å². The van der Waals surface area contributed by atoms with E-state index in [2.05, 4.69) is 12.2 Å². The second kappa shape index (κ2) is 8.98. The third-order valence-corrected chi connectivity index (χ3v) is 6.44. The summed E-state index contributed by atoms with van der Waals surface area (Å²) in [4.78, 5) is 14.3. The third kappa shape index (κ3) is 5.67. The second-order valence-corrected chi connectivity index (χ2v) is 8.77. The number of piperazine rings is 1. The van der Waals surface area contributed by atoms with E-state index in [1.54, 1.807) is 12.1 Å². The number of sulfonamides is 1. The molecule has 1 fully saturated rings. The van der Waals surface area contributed by atoms with Crippen LogP contribution in [-0.4, -0.2) is 62.3 Å². The molecule has 1 aliphatic heterocycles. The zero-order valence-electron chi connectivity index (χ0n) is 14.7. The van der Waals surface area contributed by atoms with Crippen LogP contribution in [0.25, 0.3) is 0 Å². The Morgan fingerprint density at radius 3 is 2.36 bits per heavy atom. The van der Waals surface area contributed by atoms with Gasteiger partial charge >= 0.3 is 0 Å². The van der Waals surface area contributed by atoms with Crippen molar-refractivity contribution in [3.63, 3.8) is 0 Å². The number of amides is 1. The van der Waals surface area contributed by atoms with Crippen molar-refractivity contribution in [3.05, 3.63) is 29.3 Å². The fraction of sp³-hybridized carbons (Fsp3) is 0.588. The maximum atomic E-state index is 12.6. The molecule has 0 unspecified atom stereocenters. The fourth-order valence-electron chi connectivity index (χ4n) is 2.91. The highest BCUT2D eigenvalue weighted by molar-refractivity contribution is 7.89. The van der Waals surface area contributed by atoms with Crippen LogP contribution in [0.4, 0.5) is 0 Å². The minimum atomic E-state index is -3.51. The van der Waals surface area contributed by atoms with E-state index in [9.17, 15) is 13.2 Å². The summed E-state index contributed by atoms with van der Waals surface area (Å²) in [6.45, 7) is 6.24. The standard InChI is InChI=1S/C17H26ClN3O3S/c1-3-4-14(2)19-17(22)13-20-9-11-21(12-10-20)25(23,24)16-7-5-15(18)6-8-16/h5-8,14H,3-4,9-13H2,1-2H3,(H,19,22)/t14-/m0/s1. The van der Waals surface area contributed by atoms with Gasteiger partial charge in [0.15, 0.2) is 0 Å². The zero-order chi connectivity index (χ0) is 18.4. The molecule has 1 heterocycles. The smallest absolute Gasteiger partial charge is 0.243 e. The molecule has 0 bridgehead atoms. The van der Waals surface area contributed by atoms with Gasteiger partial charge in [-0.3, -0.25) is 9.69 Å². The molecule has 2 rings (SSSR count). The van der Waals surface area contributed by atoms with E-state index in [1.165, 1.54) is 16.4 Å². The van der Waals surface area contributed by atoms with E-state index < -0.39 is 10.0 Å². The van der Waals surface area contributed by atoms with Gasteiger partial charge < -0.3 is 5.32 Å². The van der Waals surface area contributed by atoms with Gasteiger partial charge in [-0.05, 0) is 37.6 Å². The quantitative estimate of drug-likeness (QED) is 0.776. The molecule has 6 nitrogen and oxygen atoms in total. The number of halogens is 1. The lowest BCUT2D eigenvalue weighted by molar-refractivity contribution is -0.123. The van der Waals surface area contributed by atoms with Crippen molar-refractivity contribution < 1.29 is 13.2 Å². The second-order valence-electron chi connectivity index (χ2n) is 6.39. The fourth-order valence-corrected chi connectivity index (χ4v) is 4.46. The molecule has 25 heavy (non-hydrogen) atoms. The normalized spacial score (nSPS) is 18.0. The minimum absolute atomic E-state index is 0.00467. The average Bonchev–Trinajstić information content (AvgIpc) is 2.55. The number of hydrogen-bond acceptors (Lipinski definition) is 4. The molecule has 8 heteroatoms. The van der Waals surface area contributed by atoms with Crippen LogP contribution in [-0.2, 0) is 14.8 Å². The number of benzene rings is 1. The van der Waals surface area contributed by atoms with E-state index in [0.29, 0.717) is 37.7 Å². The van der Waals surface area contributed by atoms with Crippen LogP contribution >= 0.6 is 11.6 Å². The first kappa shape index (κ1) is 20.2. The molecular weight excluding hydrogens is 362 g/mol. The summed E-state index contributed by atoms with van der Waals surface area (Å²) in [5.41, 5.74) is 0. The number of nitrogens with zero attached hydrogens (tertiary/aromatic N) is 2. The molecule has 1 N–H and O–H groups in total. The summed E-state index contributed by atoms with van der Waals surface area (Å²) >= 11 is 5.82. The van der Waals surface area contributed by atoms with Crippen molar-refractivity contribution in [2.45, 2.75) is 37.6 Å². The number of carbonyl (C=O) groups excluding carboxylic acids is 1. The highest BCUT2D eigenvalue weighted by Gasteiger charge is 2.29. The van der Waals surface area contributed by atoms with Gasteiger partial charge in [-0.1, -0.05) is 24.9 Å². The van der Waals surface area contributed by atoms with Gasteiger partial charge in [0.2, 0.25) is 15.9 Å². The molecular formula is C17H26ClN3O3S. The van der Waals surface area contributed by atoms with Crippen LogP contribution in [0.15, 0.2) is 29.2 Å². The van der Waals surface area contributed by atoms with Crippen LogP contribution in [0, 0.1) is 0 Å². The highest BCUT2D eigenvalue weighted by Crippen LogP contribution is 2.19. The molecule has 0 radical (unpaired) electrons. The SMILES string of the molecule is CCC[C@H](C)NC(=O)CN1CCN(S(=O)(=O)c2ccc(Cl)cc2)CC1. The Labute approximate surface area is 155 Å². The van der Waals surface area contributed by atoms with E-state index in [0.717, 1.165) is 12.8 Å². The molecule has 0 aliphatic carbocycles. The molecule has 0 aromatic heterocycles. The Bertz CT molecular complexity index is 671. The monoisotopic (exact) mass is 387 g/mol. The first-order chi connectivity index (χ1) is 11.8. The van der Waals surface area contributed by atoms with Gasteiger partial charge in [0.25, 0.3) is 0 Å². The van der Waals surface area contributed by atoms with E-state index >= 15 is 0 Å². The van der Waals surface area contributed by atoms with Crippen molar-refractivity contribution in [2.24, 2.45) is 0 Å². The summed E-state index contributed by atoms with van der Waals surface area (Å²) in [6.07, 6.45) is 1.99. The maximum Gasteiger partial charge on any atom is 0.243 e. The summed E-state index contributed by atoms with van der Waals surface area (Å²) in [5.74, 6) is -0.00467. The third-order valence-electron chi connectivity index (χ3n) is 4.28. The van der Waals surface area contributed by atoms with Crippen LogP contribution in [0.3, 0.4) is 0 Å². The van der Waals surface area contributed by atoms with Gasteiger partial charge in [0.05, 0.1) is 11.4 Å². The van der Waals surface area contributed by atoms with Crippen LogP contribution in [0.1, 0.15) is 26.7 Å². The van der Waals surface area contributed by atoms with Crippen molar-refractivity contribution in [1.29, 1.82) is 0 Å². The summed E-state index contributed by atoms with van der Waals surface area (Å²) < 4.78 is 26.7. The number of nitrogens with one attached hydrogen (secondary N) is 1. The average molecular weight is 388 g/mol. The maximum absolute atomic E-state index is 12.6. The predicted molar refractivity (Wildman–Crippen MR) is 99.2 cm³/mol. The topological polar surface area (TPSA) is 69.7 Å². The summed E-state index contributed by atoms with van der Waals surface area (Å²) in [6, 6.07) is 6.36. The molecule has 0 spiro atoms. The Kier molecular flexibility index (Phi) is 7.25. The minimum Gasteiger partial charge on any atom is -0.353 e. The Morgan fingerprint density at radius 1 is 1.20 bits per heavy atom. The predicted octanol–water partition coefficient (Wildman–Crippen LogP) is 1.95. The number of carbonyl (C=O) groups is 1. The molecule has 140 valence electrons. The largest absolute Gasteiger partial charge is 0.353 e. The molecule has 1 aromatic carbocycles. The first-order valence-corrected chi connectivity index (χ1v) is 10.4. The molecule has 0 saturated carbocycles. The number of hydrogen-bond donors (Lipinski definition) is 1. The van der Waals surface area contributed by atoms with E-state index in [1.807, 2.05) is 11.8 Å². The molecule has 1 aromatic rings. The van der Waals surface area contributed by atoms with Crippen molar-refractivity contribution in [1.82, 2.24) is 14.5 Å². The Hall–Kier alpha value is -1.15. The van der Waals surface area contributed by atoms with Gasteiger partial charge in [0, 0.05) is 37.2 Å². The van der Waals surface area contributed by atoms with Crippen LogP contribution in [0.5, 0.6) is 0 Å². The van der Waals surface area contributed by atoms with Crippen LogP contribution in [0.2, 0.25) is 5.02 Å². The molecule has 1 saturated heterocycles. The van der Waals surface area contributed by atoms with Gasteiger partial charge in [-0.25, -0.2) is 8.42 Å². The molecule has 1 aliphatic rings. The zero-order valence-corrected chi connectivity index (χ0v) is 16.3. The lowest BCUT2D eigenvalue weighted by atomic mass is 10.2. The van der Waals surface area contributed by atoms with Gasteiger partial charge in [0.1, 0.15) is 0 Å². The van der Waals surface area contributed by atoms with E-state index in [4.69, 9.17) is 11.6 Å². The van der Waals surface area contributed by atoms with Crippen LogP contribution < -0.4 is 5.32 Å². The molecule has 1 amide bonds. The van der Waals surface area contributed by atoms with E-state index in [-0.39, 0.29) is 16.8 Å². The lowest BCUT2D eigenvalue weighted by Crippen LogP contribution is -2.51. The highest BCUT2D eigenvalue weighted by atomic mass is 35.5. The lowest BCUT2D eigenvalue weighted by Gasteiger charge is -2.33. The number of rotatable bonds is 7. The summed E-state index contributed by atoms with van der Waals surface area (Å²) in [5, 5.41) is 3.48. The summed E-state index contributed by atoms with van der Waals surface area (Å²) in [7, 11) is -3.51. The van der Waals surface area contributed by atoms with Gasteiger partial charge in [-0.15, -0.1) is 0 Å². The first-order valence-electron chi connectivity index (χ1n) is 8.60. The molecule has 1 atom stereocenters.